The second-order valence-electron chi connectivity index (χ2n) is 9.68. The Labute approximate surface area is 200 Å². The van der Waals surface area contributed by atoms with Crippen molar-refractivity contribution in [3.8, 4) is 5.75 Å². The van der Waals surface area contributed by atoms with E-state index in [9.17, 15) is 24.7 Å². The lowest BCUT2D eigenvalue weighted by molar-refractivity contribution is -0.179. The zero-order valence-corrected chi connectivity index (χ0v) is 20.3. The molecule has 1 saturated heterocycles. The number of fused-ring (bicyclic) bond motifs is 1. The minimum atomic E-state index is -1.29. The first kappa shape index (κ1) is 25.9. The fraction of sp³-hybridized carbons (Fsp3) is 0.625. The van der Waals surface area contributed by atoms with E-state index < -0.39 is 24.1 Å². The van der Waals surface area contributed by atoms with Crippen molar-refractivity contribution in [1.29, 1.82) is 0 Å². The normalized spacial score (nSPS) is 20.6. The molecule has 2 heterocycles. The monoisotopic (exact) mass is 477 g/mol. The van der Waals surface area contributed by atoms with Crippen LogP contribution in [0.15, 0.2) is 18.2 Å². The van der Waals surface area contributed by atoms with Gasteiger partial charge in [-0.2, -0.15) is 5.06 Å². The molecule has 10 heteroatoms. The number of hydroxylamine groups is 2. The van der Waals surface area contributed by atoms with Crippen LogP contribution >= 0.6 is 0 Å². The van der Waals surface area contributed by atoms with Crippen molar-refractivity contribution in [1.82, 2.24) is 14.9 Å². The molecule has 2 aliphatic rings. The van der Waals surface area contributed by atoms with Crippen LogP contribution in [0.5, 0.6) is 5.75 Å². The van der Waals surface area contributed by atoms with Crippen molar-refractivity contribution >= 4 is 17.9 Å². The molecule has 0 radical (unpaired) electrons. The number of benzene rings is 1. The van der Waals surface area contributed by atoms with Crippen LogP contribution in [0.4, 0.5) is 4.79 Å². The third-order valence-corrected chi connectivity index (χ3v) is 6.27. The van der Waals surface area contributed by atoms with Gasteiger partial charge >= 0.3 is 6.09 Å². The van der Waals surface area contributed by atoms with E-state index in [1.165, 1.54) is 7.11 Å². The Balaban J connectivity index is 1.45. The molecule has 2 N–H and O–H groups in total. The van der Waals surface area contributed by atoms with Crippen molar-refractivity contribution < 1.29 is 34.2 Å². The van der Waals surface area contributed by atoms with Gasteiger partial charge in [0, 0.05) is 18.6 Å². The molecular formula is C24H35N3O7. The lowest BCUT2D eigenvalue weighted by atomic mass is 10.1. The maximum atomic E-state index is 12.8. The summed E-state index contributed by atoms with van der Waals surface area (Å²) < 4.78 is 10.7. The Bertz CT molecular complexity index is 914. The van der Waals surface area contributed by atoms with E-state index >= 15 is 0 Å². The van der Waals surface area contributed by atoms with Gasteiger partial charge in [0.05, 0.1) is 30.9 Å². The summed E-state index contributed by atoms with van der Waals surface area (Å²) in [4.78, 5) is 40.2. The van der Waals surface area contributed by atoms with E-state index in [0.29, 0.717) is 25.3 Å². The summed E-state index contributed by atoms with van der Waals surface area (Å²) in [6, 6.07) is 4.01. The van der Waals surface area contributed by atoms with Crippen LogP contribution in [0.1, 0.15) is 73.6 Å². The van der Waals surface area contributed by atoms with Gasteiger partial charge in [-0.25, -0.2) is 4.79 Å². The van der Waals surface area contributed by atoms with E-state index in [2.05, 4.69) is 0 Å². The zero-order chi connectivity index (χ0) is 25.0. The van der Waals surface area contributed by atoms with Gasteiger partial charge in [0.1, 0.15) is 12.0 Å². The molecule has 0 saturated carbocycles. The van der Waals surface area contributed by atoms with Crippen molar-refractivity contribution in [3.63, 3.8) is 0 Å². The molecule has 0 aliphatic carbocycles. The Morgan fingerprint density at radius 3 is 2.41 bits per heavy atom. The van der Waals surface area contributed by atoms with Gasteiger partial charge in [-0.15, -0.1) is 0 Å². The third kappa shape index (κ3) is 5.51. The SMILES string of the molecule is COC(=O)N(CCCCCCOc1ccc2c(c1)C(=O)N(C1CCN(O)C1O)C2=O)C(C)(C)C. The number of hydrogen-bond acceptors (Lipinski definition) is 8. The number of aliphatic hydroxyl groups excluding tert-OH is 1. The molecule has 0 bridgehead atoms. The number of amides is 3. The quantitative estimate of drug-likeness (QED) is 0.412. The average Bonchev–Trinajstić information content (AvgIpc) is 3.24. The van der Waals surface area contributed by atoms with E-state index in [1.54, 1.807) is 23.1 Å². The summed E-state index contributed by atoms with van der Waals surface area (Å²) in [5, 5.41) is 20.4. The number of unbranched alkanes of at least 4 members (excludes halogenated alkanes) is 3. The van der Waals surface area contributed by atoms with Crippen LogP contribution in [-0.4, -0.2) is 87.7 Å². The Morgan fingerprint density at radius 1 is 1.12 bits per heavy atom. The van der Waals surface area contributed by atoms with Gasteiger partial charge in [0.15, 0.2) is 0 Å². The van der Waals surface area contributed by atoms with Crippen LogP contribution in [0.2, 0.25) is 0 Å². The van der Waals surface area contributed by atoms with Gasteiger partial charge in [-0.1, -0.05) is 12.8 Å². The minimum Gasteiger partial charge on any atom is -0.494 e. The van der Waals surface area contributed by atoms with E-state index in [1.807, 2.05) is 20.8 Å². The van der Waals surface area contributed by atoms with E-state index in [-0.39, 0.29) is 29.3 Å². The summed E-state index contributed by atoms with van der Waals surface area (Å²) in [7, 11) is 1.39. The van der Waals surface area contributed by atoms with Gasteiger partial charge in [0.2, 0.25) is 0 Å². The van der Waals surface area contributed by atoms with Crippen molar-refractivity contribution in [2.24, 2.45) is 0 Å². The standard InChI is InChI=1S/C24H35N3O7/c1-24(2,3)25(23(31)33-4)12-7-5-6-8-14-34-16-9-10-17-18(15-16)21(29)27(20(17)28)19-11-13-26(32)22(19)30/h9-10,15,19,22,30,32H,5-8,11-14H2,1-4H3. The minimum absolute atomic E-state index is 0.185. The lowest BCUT2D eigenvalue weighted by Gasteiger charge is -2.34. The summed E-state index contributed by atoms with van der Waals surface area (Å²) >= 11 is 0. The molecular weight excluding hydrogens is 442 g/mol. The fourth-order valence-corrected chi connectivity index (χ4v) is 4.36. The highest BCUT2D eigenvalue weighted by Crippen LogP contribution is 2.32. The summed E-state index contributed by atoms with van der Waals surface area (Å²) in [6.07, 6.45) is 2.22. The highest BCUT2D eigenvalue weighted by atomic mass is 16.5. The zero-order valence-electron chi connectivity index (χ0n) is 20.3. The predicted molar refractivity (Wildman–Crippen MR) is 123 cm³/mol. The summed E-state index contributed by atoms with van der Waals surface area (Å²) in [5.74, 6) is -0.455. The number of ether oxygens (including phenoxy) is 2. The number of nitrogens with zero attached hydrogens (tertiary/aromatic N) is 3. The van der Waals surface area contributed by atoms with Crippen LogP contribution in [0, 0.1) is 0 Å². The Hall–Kier alpha value is -2.69. The number of rotatable bonds is 9. The summed E-state index contributed by atoms with van der Waals surface area (Å²) in [6.45, 7) is 7.20. The Kier molecular flexibility index (Phi) is 8.17. The van der Waals surface area contributed by atoms with Crippen molar-refractivity contribution in [2.45, 2.75) is 70.7 Å². The van der Waals surface area contributed by atoms with Crippen LogP contribution in [0.25, 0.3) is 0 Å². The first-order valence-corrected chi connectivity index (χ1v) is 11.7. The summed E-state index contributed by atoms with van der Waals surface area (Å²) in [5.41, 5.74) is 0.219. The molecule has 188 valence electrons. The van der Waals surface area contributed by atoms with E-state index in [0.717, 1.165) is 35.6 Å². The smallest absolute Gasteiger partial charge is 0.409 e. The molecule has 10 nitrogen and oxygen atoms in total. The maximum absolute atomic E-state index is 12.8. The second kappa shape index (κ2) is 10.7. The number of methoxy groups -OCH3 is 1. The van der Waals surface area contributed by atoms with E-state index in [4.69, 9.17) is 9.47 Å². The number of carbonyl (C=O) groups excluding carboxylic acids is 3. The molecule has 3 amide bonds. The largest absolute Gasteiger partial charge is 0.494 e. The van der Waals surface area contributed by atoms with Crippen LogP contribution in [-0.2, 0) is 4.74 Å². The first-order chi connectivity index (χ1) is 16.1. The number of hydrogen-bond donors (Lipinski definition) is 2. The number of carbonyl (C=O) groups is 3. The molecule has 34 heavy (non-hydrogen) atoms. The highest BCUT2D eigenvalue weighted by molar-refractivity contribution is 6.21. The maximum Gasteiger partial charge on any atom is 0.409 e. The Morgan fingerprint density at radius 2 is 1.79 bits per heavy atom. The first-order valence-electron chi connectivity index (χ1n) is 11.7. The molecule has 3 rings (SSSR count). The highest BCUT2D eigenvalue weighted by Gasteiger charge is 2.46. The average molecular weight is 478 g/mol. The lowest BCUT2D eigenvalue weighted by Crippen LogP contribution is -2.47. The third-order valence-electron chi connectivity index (χ3n) is 6.27. The predicted octanol–water partition coefficient (Wildman–Crippen LogP) is 2.87. The molecule has 1 aromatic rings. The van der Waals surface area contributed by atoms with Crippen LogP contribution in [0.3, 0.4) is 0 Å². The molecule has 0 spiro atoms. The van der Waals surface area contributed by atoms with Gasteiger partial charge in [-0.3, -0.25) is 14.5 Å². The molecule has 0 aromatic heterocycles. The van der Waals surface area contributed by atoms with Crippen molar-refractivity contribution in [3.05, 3.63) is 29.3 Å². The van der Waals surface area contributed by atoms with Gasteiger partial charge in [0.25, 0.3) is 11.8 Å². The molecule has 2 unspecified atom stereocenters. The number of imide groups is 1. The van der Waals surface area contributed by atoms with Gasteiger partial charge < -0.3 is 24.7 Å². The topological polar surface area (TPSA) is 120 Å². The molecule has 1 aromatic carbocycles. The van der Waals surface area contributed by atoms with Crippen molar-refractivity contribution in [2.75, 3.05) is 26.8 Å². The van der Waals surface area contributed by atoms with Gasteiger partial charge in [-0.05, 0) is 58.2 Å². The fourth-order valence-electron chi connectivity index (χ4n) is 4.36. The number of aliphatic hydroxyl groups is 1. The molecule has 1 fully saturated rings. The molecule has 2 atom stereocenters. The molecule has 2 aliphatic heterocycles. The van der Waals surface area contributed by atoms with Crippen LogP contribution < -0.4 is 4.74 Å². The second-order valence-corrected chi connectivity index (χ2v) is 9.68.